The lowest BCUT2D eigenvalue weighted by atomic mass is 10.0. The van der Waals surface area contributed by atoms with E-state index in [2.05, 4.69) is 22.0 Å². The van der Waals surface area contributed by atoms with Gasteiger partial charge in [0.05, 0.1) is 23.3 Å². The Morgan fingerprint density at radius 1 is 0.744 bits per heavy atom. The molecule has 3 N–H and O–H groups in total. The molecule has 0 aliphatic heterocycles. The number of benzene rings is 4. The third kappa shape index (κ3) is 6.65. The van der Waals surface area contributed by atoms with E-state index >= 15 is 0 Å². The molecule has 0 saturated carbocycles. The first-order valence-corrected chi connectivity index (χ1v) is 12.3. The lowest BCUT2D eigenvalue weighted by molar-refractivity contribution is -0.127. The second-order valence-electron chi connectivity index (χ2n) is 8.97. The SMILES string of the molecule is C[C@H](NC(=O)[C@H](Cc1ccc(C#N)cc1)NC(=O)c1cccc2ccccc12)C(=O)Nc1ccc(C#N)cc1. The molecule has 4 aromatic rings. The molecule has 2 atom stereocenters. The number of amides is 3. The zero-order valence-corrected chi connectivity index (χ0v) is 21.1. The Hall–Kier alpha value is -5.47. The summed E-state index contributed by atoms with van der Waals surface area (Å²) >= 11 is 0. The lowest BCUT2D eigenvalue weighted by Crippen LogP contribution is -2.52. The second-order valence-corrected chi connectivity index (χ2v) is 8.97. The zero-order chi connectivity index (χ0) is 27.8. The molecule has 0 aliphatic rings. The number of rotatable bonds is 8. The first kappa shape index (κ1) is 26.6. The molecule has 4 rings (SSSR count). The van der Waals surface area contributed by atoms with Crippen molar-refractivity contribution in [3.05, 3.63) is 113 Å². The van der Waals surface area contributed by atoms with Crippen molar-refractivity contribution in [2.45, 2.75) is 25.4 Å². The molecular weight excluding hydrogens is 490 g/mol. The van der Waals surface area contributed by atoms with Crippen LogP contribution in [0.1, 0.15) is 34.0 Å². The highest BCUT2D eigenvalue weighted by molar-refractivity contribution is 6.08. The summed E-state index contributed by atoms with van der Waals surface area (Å²) in [4.78, 5) is 39.4. The van der Waals surface area contributed by atoms with Gasteiger partial charge in [-0.2, -0.15) is 10.5 Å². The van der Waals surface area contributed by atoms with Crippen LogP contribution < -0.4 is 16.0 Å². The quantitative estimate of drug-likeness (QED) is 0.325. The molecule has 39 heavy (non-hydrogen) atoms. The van der Waals surface area contributed by atoms with Crippen LogP contribution >= 0.6 is 0 Å². The fraction of sp³-hybridized carbons (Fsp3) is 0.129. The summed E-state index contributed by atoms with van der Waals surface area (Å²) in [5.74, 6) is -1.41. The van der Waals surface area contributed by atoms with Gasteiger partial charge in [-0.05, 0) is 65.7 Å². The number of fused-ring (bicyclic) bond motifs is 1. The molecule has 0 radical (unpaired) electrons. The van der Waals surface area contributed by atoms with Crippen LogP contribution in [0.15, 0.2) is 91.0 Å². The Kier molecular flexibility index (Phi) is 8.30. The molecule has 8 nitrogen and oxygen atoms in total. The minimum absolute atomic E-state index is 0.151. The molecule has 0 heterocycles. The zero-order valence-electron chi connectivity index (χ0n) is 21.1. The maximum absolute atomic E-state index is 13.4. The average Bonchev–Trinajstić information content (AvgIpc) is 2.97. The van der Waals surface area contributed by atoms with Gasteiger partial charge in [-0.25, -0.2) is 0 Å². The third-order valence-corrected chi connectivity index (χ3v) is 6.21. The van der Waals surface area contributed by atoms with Gasteiger partial charge in [-0.15, -0.1) is 0 Å². The Morgan fingerprint density at radius 2 is 1.36 bits per heavy atom. The van der Waals surface area contributed by atoms with Gasteiger partial charge in [0.1, 0.15) is 12.1 Å². The standard InChI is InChI=1S/C31H25N5O3/c1-20(29(37)35-25-15-13-23(19-33)14-16-25)34-31(39)28(17-21-9-11-22(18-32)12-10-21)36-30(38)27-8-4-6-24-5-2-3-7-26(24)27/h2-16,20,28H,17H2,1H3,(H,34,39)(H,35,37)(H,36,38)/t20-,28-/m0/s1. The van der Waals surface area contributed by atoms with Crippen LogP contribution in [0.3, 0.4) is 0 Å². The Bertz CT molecular complexity index is 1590. The maximum Gasteiger partial charge on any atom is 0.252 e. The molecule has 0 fully saturated rings. The largest absolute Gasteiger partial charge is 0.343 e. The van der Waals surface area contributed by atoms with Crippen molar-refractivity contribution >= 4 is 34.2 Å². The molecule has 0 unspecified atom stereocenters. The summed E-state index contributed by atoms with van der Waals surface area (Å²) < 4.78 is 0. The molecular formula is C31H25N5O3. The van der Waals surface area contributed by atoms with Gasteiger partial charge in [-0.1, -0.05) is 48.5 Å². The Morgan fingerprint density at radius 3 is 2.03 bits per heavy atom. The molecule has 0 aromatic heterocycles. The summed E-state index contributed by atoms with van der Waals surface area (Å²) in [5, 5.41) is 27.9. The van der Waals surface area contributed by atoms with E-state index in [1.165, 1.54) is 0 Å². The van der Waals surface area contributed by atoms with Gasteiger partial charge in [-0.3, -0.25) is 14.4 Å². The van der Waals surface area contributed by atoms with Crippen LogP contribution in [0.2, 0.25) is 0 Å². The van der Waals surface area contributed by atoms with Crippen LogP contribution in [-0.4, -0.2) is 29.8 Å². The fourth-order valence-electron chi connectivity index (χ4n) is 4.08. The minimum Gasteiger partial charge on any atom is -0.343 e. The monoisotopic (exact) mass is 515 g/mol. The number of carbonyl (C=O) groups is 3. The van der Waals surface area contributed by atoms with Crippen LogP contribution in [-0.2, 0) is 16.0 Å². The maximum atomic E-state index is 13.4. The molecule has 0 bridgehead atoms. The van der Waals surface area contributed by atoms with Crippen LogP contribution in [0.5, 0.6) is 0 Å². The van der Waals surface area contributed by atoms with E-state index in [4.69, 9.17) is 10.5 Å². The predicted octanol–water partition coefficient (Wildman–Crippen LogP) is 4.07. The van der Waals surface area contributed by atoms with Gasteiger partial charge in [0.15, 0.2) is 0 Å². The Balaban J connectivity index is 1.52. The highest BCUT2D eigenvalue weighted by Crippen LogP contribution is 2.19. The van der Waals surface area contributed by atoms with E-state index in [0.29, 0.717) is 22.4 Å². The normalized spacial score (nSPS) is 11.9. The predicted molar refractivity (Wildman–Crippen MR) is 147 cm³/mol. The number of carbonyl (C=O) groups excluding carboxylic acids is 3. The van der Waals surface area contributed by atoms with E-state index in [9.17, 15) is 14.4 Å². The second kappa shape index (κ2) is 12.2. The van der Waals surface area contributed by atoms with Gasteiger partial charge in [0, 0.05) is 17.7 Å². The Labute approximate surface area is 225 Å². The highest BCUT2D eigenvalue weighted by atomic mass is 16.2. The minimum atomic E-state index is -0.991. The molecule has 8 heteroatoms. The molecule has 0 saturated heterocycles. The van der Waals surface area contributed by atoms with E-state index < -0.39 is 29.8 Å². The number of hydrogen-bond acceptors (Lipinski definition) is 5. The summed E-state index contributed by atoms with van der Waals surface area (Å²) in [6, 6.07) is 28.1. The first-order valence-electron chi connectivity index (χ1n) is 12.3. The van der Waals surface area contributed by atoms with Crippen molar-refractivity contribution < 1.29 is 14.4 Å². The van der Waals surface area contributed by atoms with Crippen molar-refractivity contribution in [3.8, 4) is 12.1 Å². The summed E-state index contributed by atoms with van der Waals surface area (Å²) in [7, 11) is 0. The van der Waals surface area contributed by atoms with Crippen molar-refractivity contribution in [2.24, 2.45) is 0 Å². The van der Waals surface area contributed by atoms with Gasteiger partial charge in [0.25, 0.3) is 5.91 Å². The summed E-state index contributed by atoms with van der Waals surface area (Å²) in [6.45, 7) is 1.54. The number of anilines is 1. The van der Waals surface area contributed by atoms with Crippen molar-refractivity contribution in [1.29, 1.82) is 10.5 Å². The smallest absolute Gasteiger partial charge is 0.252 e. The van der Waals surface area contributed by atoms with Gasteiger partial charge in [0.2, 0.25) is 11.8 Å². The van der Waals surface area contributed by atoms with Crippen molar-refractivity contribution in [2.75, 3.05) is 5.32 Å². The number of nitrogens with one attached hydrogen (secondary N) is 3. The molecule has 0 spiro atoms. The van der Waals surface area contributed by atoms with E-state index in [1.54, 1.807) is 67.6 Å². The van der Waals surface area contributed by atoms with Crippen LogP contribution in [0.25, 0.3) is 10.8 Å². The molecule has 192 valence electrons. The number of nitriles is 2. The van der Waals surface area contributed by atoms with Crippen molar-refractivity contribution in [3.63, 3.8) is 0 Å². The molecule has 4 aromatic carbocycles. The lowest BCUT2D eigenvalue weighted by Gasteiger charge is -2.22. The average molecular weight is 516 g/mol. The highest BCUT2D eigenvalue weighted by Gasteiger charge is 2.26. The first-order chi connectivity index (χ1) is 18.9. The molecule has 3 amide bonds. The van der Waals surface area contributed by atoms with Crippen molar-refractivity contribution in [1.82, 2.24) is 10.6 Å². The van der Waals surface area contributed by atoms with Crippen LogP contribution in [0.4, 0.5) is 5.69 Å². The number of nitrogens with zero attached hydrogens (tertiary/aromatic N) is 2. The van der Waals surface area contributed by atoms with E-state index in [1.807, 2.05) is 36.4 Å². The van der Waals surface area contributed by atoms with Gasteiger partial charge < -0.3 is 16.0 Å². The number of hydrogen-bond donors (Lipinski definition) is 3. The third-order valence-electron chi connectivity index (χ3n) is 6.21. The fourth-order valence-corrected chi connectivity index (χ4v) is 4.08. The van der Waals surface area contributed by atoms with E-state index in [-0.39, 0.29) is 6.42 Å². The summed E-state index contributed by atoms with van der Waals surface area (Å²) in [5.41, 5.74) is 2.59. The van der Waals surface area contributed by atoms with Crippen LogP contribution in [0, 0.1) is 22.7 Å². The van der Waals surface area contributed by atoms with Gasteiger partial charge >= 0.3 is 0 Å². The van der Waals surface area contributed by atoms with E-state index in [0.717, 1.165) is 16.3 Å². The summed E-state index contributed by atoms with van der Waals surface area (Å²) in [6.07, 6.45) is 0.151. The molecule has 0 aliphatic carbocycles. The topological polar surface area (TPSA) is 135 Å².